The molecule has 0 bridgehead atoms. The van der Waals surface area contributed by atoms with Crippen molar-refractivity contribution in [3.63, 3.8) is 0 Å². The number of nitrogens with one attached hydrogen (secondary N) is 1. The van der Waals surface area contributed by atoms with Crippen LogP contribution < -0.4 is 5.32 Å². The number of nitrogens with zero attached hydrogens (tertiary/aromatic N) is 1. The lowest BCUT2D eigenvalue weighted by Crippen LogP contribution is -2.31. The molecule has 26 heavy (non-hydrogen) atoms. The van der Waals surface area contributed by atoms with E-state index in [2.05, 4.69) is 17.9 Å². The molecule has 0 unspecified atom stereocenters. The third kappa shape index (κ3) is 10.5. The molecule has 2 N–H and O–H groups in total. The SMILES string of the molecule is CN(/C=C(S)\C=C/C=O)CCO.CN[C@H](c1ccc(Cl)cc1)C(F)(F)F. The molecule has 0 aliphatic rings. The number of likely N-dealkylation sites (N-methyl/N-ethyl adjacent to an activating group) is 1. The first-order valence-corrected chi connectivity index (χ1v) is 8.31. The highest BCUT2D eigenvalue weighted by molar-refractivity contribution is 7.84. The smallest absolute Gasteiger partial charge is 0.395 e. The van der Waals surface area contributed by atoms with Crippen molar-refractivity contribution in [3.8, 4) is 0 Å². The van der Waals surface area contributed by atoms with Crippen LogP contribution in [0.5, 0.6) is 0 Å². The highest BCUT2D eigenvalue weighted by atomic mass is 35.5. The zero-order chi connectivity index (χ0) is 20.2. The van der Waals surface area contributed by atoms with Crippen LogP contribution in [0, 0.1) is 0 Å². The van der Waals surface area contributed by atoms with E-state index in [0.29, 0.717) is 22.8 Å². The van der Waals surface area contributed by atoms with E-state index in [1.165, 1.54) is 37.4 Å². The highest BCUT2D eigenvalue weighted by Crippen LogP contribution is 2.32. The zero-order valence-corrected chi connectivity index (χ0v) is 16.0. The summed E-state index contributed by atoms with van der Waals surface area (Å²) >= 11 is 9.66. The average Bonchev–Trinajstić information content (AvgIpc) is 2.55. The number of alkyl halides is 3. The Balaban J connectivity index is 0.000000488. The van der Waals surface area contributed by atoms with Crippen LogP contribution in [0.25, 0.3) is 0 Å². The van der Waals surface area contributed by atoms with Crippen LogP contribution in [0.4, 0.5) is 13.2 Å². The average molecular weight is 411 g/mol. The second-order valence-corrected chi connectivity index (χ2v) is 6.02. The highest BCUT2D eigenvalue weighted by Gasteiger charge is 2.39. The molecule has 1 aromatic rings. The molecule has 0 fully saturated rings. The molecule has 1 atom stereocenters. The summed E-state index contributed by atoms with van der Waals surface area (Å²) in [5, 5.41) is 11.2. The van der Waals surface area contributed by atoms with E-state index in [0.717, 1.165) is 0 Å². The molecular weight excluding hydrogens is 389 g/mol. The minimum absolute atomic E-state index is 0.103. The third-order valence-electron chi connectivity index (χ3n) is 2.97. The Morgan fingerprint density at radius 2 is 1.96 bits per heavy atom. The van der Waals surface area contributed by atoms with Crippen LogP contribution in [0.1, 0.15) is 11.6 Å². The number of aliphatic hydroxyl groups excluding tert-OH is 1. The number of aldehydes is 1. The standard InChI is InChI=1S/C9H9ClF3N.C8H13NO2S/c1-14-8(9(11,12)13)6-2-4-7(10)5-3-6;1-9(4-6-11)7-8(12)3-2-5-10/h2-5,8,14H,1H3;2-3,5,7,11-12H,4,6H2,1H3/b;3-2-,8-7+/t8-;/m1./s1. The molecule has 0 saturated carbocycles. The largest absolute Gasteiger partial charge is 0.407 e. The third-order valence-corrected chi connectivity index (χ3v) is 3.49. The molecule has 0 radical (unpaired) electrons. The number of hydrogen-bond donors (Lipinski definition) is 3. The summed E-state index contributed by atoms with van der Waals surface area (Å²) in [5.74, 6) is 0. The van der Waals surface area contributed by atoms with E-state index in [-0.39, 0.29) is 12.2 Å². The number of carbonyl (C=O) groups is 1. The van der Waals surface area contributed by atoms with Gasteiger partial charge in [0, 0.05) is 29.7 Å². The van der Waals surface area contributed by atoms with Crippen LogP contribution in [-0.4, -0.2) is 49.7 Å². The van der Waals surface area contributed by atoms with Crippen molar-refractivity contribution >= 4 is 30.5 Å². The molecule has 0 amide bonds. The number of halogens is 4. The van der Waals surface area contributed by atoms with Gasteiger partial charge in [-0.05, 0) is 36.9 Å². The maximum absolute atomic E-state index is 12.4. The molecule has 0 aliphatic carbocycles. The van der Waals surface area contributed by atoms with E-state index in [1.807, 2.05) is 7.05 Å². The van der Waals surface area contributed by atoms with Gasteiger partial charge in [0.25, 0.3) is 0 Å². The number of allylic oxidation sites excluding steroid dienone is 2. The van der Waals surface area contributed by atoms with E-state index >= 15 is 0 Å². The molecule has 0 aliphatic heterocycles. The maximum atomic E-state index is 12.4. The van der Waals surface area contributed by atoms with Gasteiger partial charge in [0.1, 0.15) is 12.3 Å². The minimum Gasteiger partial charge on any atom is -0.395 e. The topological polar surface area (TPSA) is 52.6 Å². The van der Waals surface area contributed by atoms with Crippen molar-refractivity contribution in [1.82, 2.24) is 10.2 Å². The van der Waals surface area contributed by atoms with Crippen LogP contribution in [0.2, 0.25) is 5.02 Å². The lowest BCUT2D eigenvalue weighted by molar-refractivity contribution is -0.156. The van der Waals surface area contributed by atoms with Crippen molar-refractivity contribution in [2.45, 2.75) is 12.2 Å². The van der Waals surface area contributed by atoms with E-state index in [9.17, 15) is 18.0 Å². The number of carbonyl (C=O) groups excluding carboxylic acids is 1. The second kappa shape index (κ2) is 12.8. The summed E-state index contributed by atoms with van der Waals surface area (Å²) in [4.78, 5) is 12.4. The predicted molar refractivity (Wildman–Crippen MR) is 101 cm³/mol. The Kier molecular flexibility index (Phi) is 12.1. The van der Waals surface area contributed by atoms with Gasteiger partial charge in [-0.2, -0.15) is 13.2 Å². The summed E-state index contributed by atoms with van der Waals surface area (Å²) in [6, 6.07) is 3.95. The van der Waals surface area contributed by atoms with E-state index in [1.54, 1.807) is 17.2 Å². The van der Waals surface area contributed by atoms with Gasteiger partial charge in [0.2, 0.25) is 0 Å². The molecule has 146 valence electrons. The summed E-state index contributed by atoms with van der Waals surface area (Å²) in [6.07, 6.45) is 1.09. The van der Waals surface area contributed by atoms with Crippen molar-refractivity contribution in [2.24, 2.45) is 0 Å². The van der Waals surface area contributed by atoms with Gasteiger partial charge in [0.15, 0.2) is 0 Å². The van der Waals surface area contributed by atoms with Gasteiger partial charge in [0.05, 0.1) is 6.61 Å². The monoisotopic (exact) mass is 410 g/mol. The Labute approximate surface area is 161 Å². The first kappa shape index (κ1) is 24.5. The van der Waals surface area contributed by atoms with Gasteiger partial charge >= 0.3 is 6.18 Å². The number of benzene rings is 1. The summed E-state index contributed by atoms with van der Waals surface area (Å²) < 4.78 is 37.2. The molecule has 1 aromatic carbocycles. The molecule has 0 aromatic heterocycles. The Morgan fingerprint density at radius 3 is 2.38 bits per heavy atom. The van der Waals surface area contributed by atoms with Crippen molar-refractivity contribution in [2.75, 3.05) is 27.2 Å². The Morgan fingerprint density at radius 1 is 1.38 bits per heavy atom. The van der Waals surface area contributed by atoms with Crippen molar-refractivity contribution < 1.29 is 23.1 Å². The lowest BCUT2D eigenvalue weighted by atomic mass is 10.1. The minimum atomic E-state index is -4.29. The summed E-state index contributed by atoms with van der Waals surface area (Å²) in [7, 11) is 3.09. The second-order valence-electron chi connectivity index (χ2n) is 5.07. The van der Waals surface area contributed by atoms with Crippen LogP contribution >= 0.6 is 24.2 Å². The first-order valence-electron chi connectivity index (χ1n) is 7.48. The van der Waals surface area contributed by atoms with Gasteiger partial charge in [-0.3, -0.25) is 4.79 Å². The Bertz CT molecular complexity index is 593. The van der Waals surface area contributed by atoms with Crippen LogP contribution in [0.3, 0.4) is 0 Å². The fraction of sp³-hybridized carbons (Fsp3) is 0.353. The summed E-state index contributed by atoms with van der Waals surface area (Å²) in [6.45, 7) is 0.657. The normalized spacial score (nSPS) is 13.2. The summed E-state index contributed by atoms with van der Waals surface area (Å²) in [5.41, 5.74) is 0.157. The Hall–Kier alpha value is -1.48. The van der Waals surface area contributed by atoms with Gasteiger partial charge in [-0.1, -0.05) is 23.7 Å². The van der Waals surface area contributed by atoms with Gasteiger partial charge in [-0.15, -0.1) is 12.6 Å². The molecule has 9 heteroatoms. The fourth-order valence-corrected chi connectivity index (χ4v) is 2.21. The lowest BCUT2D eigenvalue weighted by Gasteiger charge is -2.19. The van der Waals surface area contributed by atoms with Crippen LogP contribution in [-0.2, 0) is 4.79 Å². The maximum Gasteiger partial charge on any atom is 0.407 e. The van der Waals surface area contributed by atoms with E-state index in [4.69, 9.17) is 16.7 Å². The zero-order valence-electron chi connectivity index (χ0n) is 14.4. The van der Waals surface area contributed by atoms with Gasteiger partial charge < -0.3 is 15.3 Å². The number of aliphatic hydroxyl groups is 1. The first-order chi connectivity index (χ1) is 12.1. The van der Waals surface area contributed by atoms with Crippen LogP contribution in [0.15, 0.2) is 47.5 Å². The van der Waals surface area contributed by atoms with Crippen molar-refractivity contribution in [3.05, 3.63) is 58.1 Å². The van der Waals surface area contributed by atoms with Gasteiger partial charge in [-0.25, -0.2) is 0 Å². The number of thiol groups is 1. The molecule has 4 nitrogen and oxygen atoms in total. The molecular formula is C17H22ClF3N2O2S. The molecule has 1 rings (SSSR count). The molecule has 0 heterocycles. The van der Waals surface area contributed by atoms with E-state index < -0.39 is 12.2 Å². The predicted octanol–water partition coefficient (Wildman–Crippen LogP) is 3.60. The van der Waals surface area contributed by atoms with Crippen molar-refractivity contribution in [1.29, 1.82) is 0 Å². The fourth-order valence-electron chi connectivity index (χ4n) is 1.80. The quantitative estimate of drug-likeness (QED) is 0.278. The number of rotatable bonds is 7. The molecule has 0 spiro atoms. The number of hydrogen-bond acceptors (Lipinski definition) is 5. The molecule has 0 saturated heterocycles.